The third-order valence-corrected chi connectivity index (χ3v) is 4.27. The fourth-order valence-electron chi connectivity index (χ4n) is 3.09. The molecule has 116 valence electrons. The second-order valence-electron chi connectivity index (χ2n) is 6.16. The van der Waals surface area contributed by atoms with Gasteiger partial charge in [-0.25, -0.2) is 9.97 Å². The standard InChI is InChI=1S/C17H22N4O/c1-13-6-5-9-21(10-13)16(22)11-20(2)17-14-7-3-4-8-15(14)18-12-19-17/h3-4,7-8,12-13H,5-6,9-11H2,1-2H3. The van der Waals surface area contributed by atoms with Crippen LogP contribution in [-0.2, 0) is 4.79 Å². The highest BCUT2D eigenvalue weighted by atomic mass is 16.2. The third-order valence-electron chi connectivity index (χ3n) is 4.27. The molecule has 1 aromatic carbocycles. The van der Waals surface area contributed by atoms with Gasteiger partial charge in [-0.1, -0.05) is 19.1 Å². The van der Waals surface area contributed by atoms with Crippen molar-refractivity contribution in [2.45, 2.75) is 19.8 Å². The van der Waals surface area contributed by atoms with Crippen molar-refractivity contribution in [1.29, 1.82) is 0 Å². The van der Waals surface area contributed by atoms with E-state index >= 15 is 0 Å². The molecule has 2 heterocycles. The lowest BCUT2D eigenvalue weighted by atomic mass is 10.0. The quantitative estimate of drug-likeness (QED) is 0.872. The summed E-state index contributed by atoms with van der Waals surface area (Å²) in [5.74, 6) is 1.59. The molecule has 0 saturated carbocycles. The molecule has 5 nitrogen and oxygen atoms in total. The molecule has 22 heavy (non-hydrogen) atoms. The molecule has 1 fully saturated rings. The number of carbonyl (C=O) groups excluding carboxylic acids is 1. The Labute approximate surface area is 131 Å². The lowest BCUT2D eigenvalue weighted by Crippen LogP contribution is -2.44. The van der Waals surface area contributed by atoms with Crippen LogP contribution in [0.4, 0.5) is 5.82 Å². The van der Waals surface area contributed by atoms with Crippen LogP contribution in [0.1, 0.15) is 19.8 Å². The van der Waals surface area contributed by atoms with Crippen LogP contribution < -0.4 is 4.90 Å². The number of rotatable bonds is 3. The first kappa shape index (κ1) is 14.8. The summed E-state index contributed by atoms with van der Waals surface area (Å²) in [6, 6.07) is 7.88. The molecule has 0 N–H and O–H groups in total. The van der Waals surface area contributed by atoms with Gasteiger partial charge in [-0.3, -0.25) is 4.79 Å². The number of fused-ring (bicyclic) bond motifs is 1. The van der Waals surface area contributed by atoms with E-state index < -0.39 is 0 Å². The lowest BCUT2D eigenvalue weighted by Gasteiger charge is -2.32. The molecule has 5 heteroatoms. The van der Waals surface area contributed by atoms with Crippen LogP contribution in [0.2, 0.25) is 0 Å². The molecular formula is C17H22N4O. The molecule has 0 aliphatic carbocycles. The zero-order valence-electron chi connectivity index (χ0n) is 13.2. The zero-order valence-corrected chi connectivity index (χ0v) is 13.2. The molecule has 0 radical (unpaired) electrons. The van der Waals surface area contributed by atoms with E-state index in [4.69, 9.17) is 0 Å². The van der Waals surface area contributed by atoms with Gasteiger partial charge in [0.1, 0.15) is 12.1 Å². The largest absolute Gasteiger partial charge is 0.350 e. The Balaban J connectivity index is 1.75. The van der Waals surface area contributed by atoms with Crippen LogP contribution in [0.3, 0.4) is 0 Å². The number of likely N-dealkylation sites (tertiary alicyclic amines) is 1. The average Bonchev–Trinajstić information content (AvgIpc) is 2.54. The van der Waals surface area contributed by atoms with Crippen LogP contribution in [0, 0.1) is 5.92 Å². The van der Waals surface area contributed by atoms with E-state index in [1.807, 2.05) is 41.1 Å². The van der Waals surface area contributed by atoms with Gasteiger partial charge in [0.05, 0.1) is 12.1 Å². The maximum Gasteiger partial charge on any atom is 0.242 e. The van der Waals surface area contributed by atoms with E-state index in [2.05, 4.69) is 16.9 Å². The smallest absolute Gasteiger partial charge is 0.242 e. The maximum absolute atomic E-state index is 12.5. The van der Waals surface area contributed by atoms with Crippen LogP contribution >= 0.6 is 0 Å². The Morgan fingerprint density at radius 2 is 2.18 bits per heavy atom. The summed E-state index contributed by atoms with van der Waals surface area (Å²) in [5, 5.41) is 0.979. The predicted octanol–water partition coefficient (Wildman–Crippen LogP) is 2.32. The van der Waals surface area contributed by atoms with E-state index in [1.165, 1.54) is 6.42 Å². The molecule has 1 aromatic heterocycles. The fraction of sp³-hybridized carbons (Fsp3) is 0.471. The van der Waals surface area contributed by atoms with Crippen molar-refractivity contribution in [3.8, 4) is 0 Å². The molecule has 1 aliphatic rings. The molecule has 3 rings (SSSR count). The summed E-state index contributed by atoms with van der Waals surface area (Å²) in [6.07, 6.45) is 3.88. The number of piperidine rings is 1. The molecule has 1 saturated heterocycles. The number of amides is 1. The minimum atomic E-state index is 0.178. The van der Waals surface area contributed by atoms with Crippen molar-refractivity contribution in [3.05, 3.63) is 30.6 Å². The molecule has 1 aliphatic heterocycles. The van der Waals surface area contributed by atoms with Gasteiger partial charge in [0.15, 0.2) is 0 Å². The van der Waals surface area contributed by atoms with Crippen molar-refractivity contribution in [1.82, 2.24) is 14.9 Å². The minimum absolute atomic E-state index is 0.178. The molecule has 2 aromatic rings. The predicted molar refractivity (Wildman–Crippen MR) is 87.8 cm³/mol. The topological polar surface area (TPSA) is 49.3 Å². The zero-order chi connectivity index (χ0) is 15.5. The number of hydrogen-bond donors (Lipinski definition) is 0. The molecule has 0 bridgehead atoms. The lowest BCUT2D eigenvalue weighted by molar-refractivity contribution is -0.131. The fourth-order valence-corrected chi connectivity index (χ4v) is 3.09. The van der Waals surface area contributed by atoms with E-state index in [0.29, 0.717) is 12.5 Å². The van der Waals surface area contributed by atoms with Crippen LogP contribution in [0.25, 0.3) is 10.9 Å². The Morgan fingerprint density at radius 1 is 1.36 bits per heavy atom. The van der Waals surface area contributed by atoms with Gasteiger partial charge in [0.2, 0.25) is 5.91 Å². The summed E-state index contributed by atoms with van der Waals surface area (Å²) < 4.78 is 0. The Kier molecular flexibility index (Phi) is 4.22. The summed E-state index contributed by atoms with van der Waals surface area (Å²) in [5.41, 5.74) is 0.901. The highest BCUT2D eigenvalue weighted by molar-refractivity contribution is 5.91. The second kappa shape index (κ2) is 6.30. The number of para-hydroxylation sites is 1. The van der Waals surface area contributed by atoms with E-state index in [-0.39, 0.29) is 5.91 Å². The number of benzene rings is 1. The van der Waals surface area contributed by atoms with Crippen LogP contribution in [0.15, 0.2) is 30.6 Å². The Bertz CT molecular complexity index is 667. The van der Waals surface area contributed by atoms with Crippen molar-refractivity contribution in [2.24, 2.45) is 5.92 Å². The van der Waals surface area contributed by atoms with Gasteiger partial charge in [-0.05, 0) is 30.9 Å². The summed E-state index contributed by atoms with van der Waals surface area (Å²) >= 11 is 0. The van der Waals surface area contributed by atoms with Crippen molar-refractivity contribution in [3.63, 3.8) is 0 Å². The average molecular weight is 298 g/mol. The molecular weight excluding hydrogens is 276 g/mol. The Hall–Kier alpha value is -2.17. The van der Waals surface area contributed by atoms with E-state index in [1.54, 1.807) is 6.33 Å². The van der Waals surface area contributed by atoms with Gasteiger partial charge in [-0.15, -0.1) is 0 Å². The highest BCUT2D eigenvalue weighted by Crippen LogP contribution is 2.22. The Morgan fingerprint density at radius 3 is 3.00 bits per heavy atom. The normalized spacial score (nSPS) is 18.5. The van der Waals surface area contributed by atoms with Gasteiger partial charge < -0.3 is 9.80 Å². The number of nitrogens with zero attached hydrogens (tertiary/aromatic N) is 4. The molecule has 0 spiro atoms. The van der Waals surface area contributed by atoms with Crippen molar-refractivity contribution >= 4 is 22.6 Å². The van der Waals surface area contributed by atoms with E-state index in [9.17, 15) is 4.79 Å². The first-order valence-electron chi connectivity index (χ1n) is 7.84. The van der Waals surface area contributed by atoms with Gasteiger partial charge >= 0.3 is 0 Å². The van der Waals surface area contributed by atoms with Gasteiger partial charge in [-0.2, -0.15) is 0 Å². The SMILES string of the molecule is CC1CCCN(C(=O)CN(C)c2ncnc3ccccc23)C1. The number of anilines is 1. The maximum atomic E-state index is 12.5. The monoisotopic (exact) mass is 298 g/mol. The minimum Gasteiger partial charge on any atom is -0.350 e. The van der Waals surface area contributed by atoms with Crippen molar-refractivity contribution < 1.29 is 4.79 Å². The number of hydrogen-bond acceptors (Lipinski definition) is 4. The number of aromatic nitrogens is 2. The first-order chi connectivity index (χ1) is 10.6. The summed E-state index contributed by atoms with van der Waals surface area (Å²) in [6.45, 7) is 4.31. The molecule has 1 amide bonds. The van der Waals surface area contributed by atoms with Gasteiger partial charge in [0.25, 0.3) is 0 Å². The van der Waals surface area contributed by atoms with Crippen LogP contribution in [0.5, 0.6) is 0 Å². The first-order valence-corrected chi connectivity index (χ1v) is 7.84. The third kappa shape index (κ3) is 3.03. The van der Waals surface area contributed by atoms with Crippen LogP contribution in [-0.4, -0.2) is 47.5 Å². The van der Waals surface area contributed by atoms with Crippen molar-refractivity contribution in [2.75, 3.05) is 31.6 Å². The molecule has 1 unspecified atom stereocenters. The summed E-state index contributed by atoms with van der Waals surface area (Å²) in [7, 11) is 1.92. The molecule has 1 atom stereocenters. The summed E-state index contributed by atoms with van der Waals surface area (Å²) in [4.78, 5) is 25.0. The number of carbonyl (C=O) groups is 1. The second-order valence-corrected chi connectivity index (χ2v) is 6.16. The number of likely N-dealkylation sites (N-methyl/N-ethyl adjacent to an activating group) is 1. The highest BCUT2D eigenvalue weighted by Gasteiger charge is 2.22. The van der Waals surface area contributed by atoms with Gasteiger partial charge in [0, 0.05) is 25.5 Å². The van der Waals surface area contributed by atoms with E-state index in [0.717, 1.165) is 36.2 Å².